The minimum Gasteiger partial charge on any atom is -0.481 e. The number of hydrogen-bond acceptors (Lipinski definition) is 2. The van der Waals surface area contributed by atoms with Gasteiger partial charge in [-0.1, -0.05) is 36.2 Å². The summed E-state index contributed by atoms with van der Waals surface area (Å²) in [4.78, 5) is 25.6. The number of carbonyl (C=O) groups is 2. The van der Waals surface area contributed by atoms with Crippen molar-refractivity contribution in [1.82, 2.24) is 4.90 Å². The van der Waals surface area contributed by atoms with E-state index < -0.39 is 11.9 Å². The van der Waals surface area contributed by atoms with Gasteiger partial charge < -0.3 is 10.0 Å². The molecule has 0 aromatic heterocycles. The number of piperidine rings is 1. The van der Waals surface area contributed by atoms with Crippen LogP contribution < -0.4 is 0 Å². The number of rotatable bonds is 4. The second-order valence-electron chi connectivity index (χ2n) is 5.94. The highest BCUT2D eigenvalue weighted by Crippen LogP contribution is 2.37. The summed E-state index contributed by atoms with van der Waals surface area (Å²) in [6.45, 7) is 6.62. The molecule has 2 unspecified atom stereocenters. The maximum absolute atomic E-state index is 12.2. The van der Waals surface area contributed by atoms with E-state index in [4.69, 9.17) is 0 Å². The predicted molar refractivity (Wildman–Crippen MR) is 81.0 cm³/mol. The summed E-state index contributed by atoms with van der Waals surface area (Å²) in [5.74, 6) is -1.26. The van der Waals surface area contributed by atoms with Gasteiger partial charge in [-0.3, -0.25) is 9.59 Å². The van der Waals surface area contributed by atoms with Crippen molar-refractivity contribution >= 4 is 11.9 Å². The number of carbonyl (C=O) groups excluding carboxylic acids is 1. The summed E-state index contributed by atoms with van der Waals surface area (Å²) in [5, 5.41) is 9.54. The zero-order chi connectivity index (χ0) is 15.6. The average Bonchev–Trinajstić information content (AvgIpc) is 2.39. The summed E-state index contributed by atoms with van der Waals surface area (Å²) in [6.07, 6.45) is 1.59. The number of carboxylic acids is 1. The maximum Gasteiger partial charge on any atom is 0.308 e. The molecule has 1 aliphatic rings. The molecule has 4 heteroatoms. The van der Waals surface area contributed by atoms with E-state index in [9.17, 15) is 14.7 Å². The lowest BCUT2D eigenvalue weighted by Crippen LogP contribution is -2.45. The van der Waals surface area contributed by atoms with Crippen molar-refractivity contribution in [3.8, 4) is 0 Å². The molecule has 0 saturated carbocycles. The molecular weight excluding hydrogens is 266 g/mol. The lowest BCUT2D eigenvalue weighted by atomic mass is 9.83. The summed E-state index contributed by atoms with van der Waals surface area (Å²) in [6, 6.07) is 5.74. The molecule has 0 aliphatic carbocycles. The topological polar surface area (TPSA) is 57.6 Å². The smallest absolute Gasteiger partial charge is 0.308 e. The lowest BCUT2D eigenvalue weighted by Gasteiger charge is -2.40. The van der Waals surface area contributed by atoms with Gasteiger partial charge in [-0.25, -0.2) is 0 Å². The van der Waals surface area contributed by atoms with Gasteiger partial charge in [-0.05, 0) is 32.3 Å². The number of likely N-dealkylation sites (tertiary alicyclic amines) is 1. The van der Waals surface area contributed by atoms with E-state index in [1.807, 2.05) is 32.9 Å². The van der Waals surface area contributed by atoms with Gasteiger partial charge in [0.25, 0.3) is 0 Å². The van der Waals surface area contributed by atoms with Crippen molar-refractivity contribution in [2.45, 2.75) is 46.1 Å². The standard InChI is InChI=1S/C17H23NO3/c1-4-7-18-15(19)6-5-14(17(20)21)16(18)13-9-11(2)8-12(3)10-13/h8-10,14,16H,4-7H2,1-3H3,(H,20,21). The molecule has 1 amide bonds. The zero-order valence-corrected chi connectivity index (χ0v) is 12.9. The largest absolute Gasteiger partial charge is 0.481 e. The van der Waals surface area contributed by atoms with Crippen molar-refractivity contribution in [1.29, 1.82) is 0 Å². The molecule has 1 heterocycles. The molecule has 0 bridgehead atoms. The molecule has 21 heavy (non-hydrogen) atoms. The highest BCUT2D eigenvalue weighted by Gasteiger charge is 2.40. The monoisotopic (exact) mass is 289 g/mol. The second-order valence-corrected chi connectivity index (χ2v) is 5.94. The third kappa shape index (κ3) is 3.26. The van der Waals surface area contributed by atoms with E-state index in [0.717, 1.165) is 23.1 Å². The molecule has 1 aromatic rings. The Hall–Kier alpha value is -1.84. The van der Waals surface area contributed by atoms with Crippen molar-refractivity contribution < 1.29 is 14.7 Å². The van der Waals surface area contributed by atoms with Crippen LogP contribution in [0, 0.1) is 19.8 Å². The van der Waals surface area contributed by atoms with Crippen molar-refractivity contribution in [2.24, 2.45) is 5.92 Å². The van der Waals surface area contributed by atoms with Crippen LogP contribution in [0.1, 0.15) is 48.9 Å². The van der Waals surface area contributed by atoms with Crippen LogP contribution in [0.2, 0.25) is 0 Å². The van der Waals surface area contributed by atoms with Crippen LogP contribution in [0.15, 0.2) is 18.2 Å². The summed E-state index contributed by atoms with van der Waals surface area (Å²) in [5.41, 5.74) is 3.15. The van der Waals surface area contributed by atoms with Gasteiger partial charge in [0, 0.05) is 13.0 Å². The molecule has 0 spiro atoms. The number of amides is 1. The normalized spacial score (nSPS) is 22.4. The molecule has 4 nitrogen and oxygen atoms in total. The van der Waals surface area contributed by atoms with Gasteiger partial charge in [0.05, 0.1) is 12.0 Å². The minimum atomic E-state index is -0.812. The Morgan fingerprint density at radius 3 is 2.43 bits per heavy atom. The third-order valence-electron chi connectivity index (χ3n) is 4.07. The molecule has 1 aliphatic heterocycles. The second kappa shape index (κ2) is 6.29. The summed E-state index contributed by atoms with van der Waals surface area (Å²) in [7, 11) is 0. The maximum atomic E-state index is 12.2. The first-order chi connectivity index (χ1) is 9.93. The first kappa shape index (κ1) is 15.5. The van der Waals surface area contributed by atoms with Crippen LogP contribution in [0.3, 0.4) is 0 Å². The number of aryl methyl sites for hydroxylation is 2. The lowest BCUT2D eigenvalue weighted by molar-refractivity contribution is -0.152. The molecular formula is C17H23NO3. The van der Waals surface area contributed by atoms with Crippen molar-refractivity contribution in [2.75, 3.05) is 6.54 Å². The fraction of sp³-hybridized carbons (Fsp3) is 0.529. The molecule has 1 fully saturated rings. The highest BCUT2D eigenvalue weighted by molar-refractivity contribution is 5.81. The van der Waals surface area contributed by atoms with Crippen LogP contribution >= 0.6 is 0 Å². The molecule has 1 aromatic carbocycles. The van der Waals surface area contributed by atoms with E-state index >= 15 is 0 Å². The number of hydrogen-bond donors (Lipinski definition) is 1. The average molecular weight is 289 g/mol. The van der Waals surface area contributed by atoms with Gasteiger partial charge in [0.15, 0.2) is 0 Å². The first-order valence-corrected chi connectivity index (χ1v) is 7.54. The minimum absolute atomic E-state index is 0.0681. The van der Waals surface area contributed by atoms with Crippen LogP contribution in [0.4, 0.5) is 0 Å². The number of aliphatic carboxylic acids is 1. The van der Waals surface area contributed by atoms with E-state index in [2.05, 4.69) is 6.07 Å². The van der Waals surface area contributed by atoms with E-state index in [1.54, 1.807) is 4.90 Å². The van der Waals surface area contributed by atoms with Crippen LogP contribution in [0.25, 0.3) is 0 Å². The Balaban J connectivity index is 2.48. The Labute approximate surface area is 125 Å². The molecule has 114 valence electrons. The van der Waals surface area contributed by atoms with E-state index in [0.29, 0.717) is 19.4 Å². The number of nitrogens with zero attached hydrogens (tertiary/aromatic N) is 1. The van der Waals surface area contributed by atoms with Gasteiger partial charge in [-0.15, -0.1) is 0 Å². The molecule has 2 rings (SSSR count). The first-order valence-electron chi connectivity index (χ1n) is 7.54. The van der Waals surface area contributed by atoms with Gasteiger partial charge in [-0.2, -0.15) is 0 Å². The molecule has 1 N–H and O–H groups in total. The quantitative estimate of drug-likeness (QED) is 0.926. The Morgan fingerprint density at radius 1 is 1.29 bits per heavy atom. The number of benzene rings is 1. The van der Waals surface area contributed by atoms with Gasteiger partial charge in [0.2, 0.25) is 5.91 Å². The van der Waals surface area contributed by atoms with Gasteiger partial charge >= 0.3 is 5.97 Å². The van der Waals surface area contributed by atoms with Gasteiger partial charge in [0.1, 0.15) is 0 Å². The Morgan fingerprint density at radius 2 is 1.90 bits per heavy atom. The van der Waals surface area contributed by atoms with Crippen molar-refractivity contribution in [3.05, 3.63) is 34.9 Å². The third-order valence-corrected chi connectivity index (χ3v) is 4.07. The van der Waals surface area contributed by atoms with Crippen LogP contribution in [0.5, 0.6) is 0 Å². The zero-order valence-electron chi connectivity index (χ0n) is 12.9. The van der Waals surface area contributed by atoms with Crippen molar-refractivity contribution in [3.63, 3.8) is 0 Å². The predicted octanol–water partition coefficient (Wildman–Crippen LogP) is 3.08. The molecule has 1 saturated heterocycles. The Bertz CT molecular complexity index is 533. The summed E-state index contributed by atoms with van der Waals surface area (Å²) >= 11 is 0. The summed E-state index contributed by atoms with van der Waals surface area (Å²) < 4.78 is 0. The van der Waals surface area contributed by atoms with Crippen LogP contribution in [-0.4, -0.2) is 28.4 Å². The van der Waals surface area contributed by atoms with Crippen LogP contribution in [-0.2, 0) is 9.59 Å². The molecule has 0 radical (unpaired) electrons. The fourth-order valence-corrected chi connectivity index (χ4v) is 3.31. The number of carboxylic acid groups (broad SMARTS) is 1. The van der Waals surface area contributed by atoms with E-state index in [1.165, 1.54) is 0 Å². The Kier molecular flexibility index (Phi) is 4.66. The fourth-order valence-electron chi connectivity index (χ4n) is 3.31. The van der Waals surface area contributed by atoms with E-state index in [-0.39, 0.29) is 11.9 Å². The highest BCUT2D eigenvalue weighted by atomic mass is 16.4. The SMILES string of the molecule is CCCN1C(=O)CCC(C(=O)O)C1c1cc(C)cc(C)c1. The molecule has 2 atom stereocenters.